The number of carbonyl (C=O) groups is 3. The number of likely N-dealkylation sites (tertiary alicyclic amines) is 1. The molecule has 2 aromatic rings. The van der Waals surface area contributed by atoms with Crippen LogP contribution < -0.4 is 34.7 Å². The molecule has 1 aromatic heterocycles. The quantitative estimate of drug-likeness (QED) is 0.481. The van der Waals surface area contributed by atoms with Crippen molar-refractivity contribution in [2.75, 3.05) is 0 Å². The summed E-state index contributed by atoms with van der Waals surface area (Å²) in [5, 5.41) is 12.3. The van der Waals surface area contributed by atoms with E-state index in [2.05, 4.69) is 4.98 Å². The summed E-state index contributed by atoms with van der Waals surface area (Å²) in [6.07, 6.45) is 1.88. The van der Waals surface area contributed by atoms with Crippen LogP contribution in [0, 0.1) is 0 Å². The van der Waals surface area contributed by atoms with Gasteiger partial charge in [-0.05, 0) is 11.6 Å². The van der Waals surface area contributed by atoms with E-state index in [9.17, 15) is 19.5 Å². The van der Waals surface area contributed by atoms with Crippen LogP contribution in [-0.2, 0) is 20.8 Å². The number of benzene rings is 1. The topological polar surface area (TPSA) is 93.3 Å². The number of fused-ring (bicyclic) bond motifs is 1. The largest absolute Gasteiger partial charge is 1.00 e. The molecule has 108 valence electrons. The molecule has 1 fully saturated rings. The molecule has 1 N–H and O–H groups in total. The number of aromatic nitrogens is 1. The predicted octanol–water partition coefficient (Wildman–Crippen LogP) is -3.02. The molecular weight excluding hydrogens is 295 g/mol. The number of rotatable bonds is 4. The molecule has 0 unspecified atom stereocenters. The first-order valence-electron chi connectivity index (χ1n) is 6.68. The summed E-state index contributed by atoms with van der Waals surface area (Å²) < 4.78 is 0. The van der Waals surface area contributed by atoms with Crippen LogP contribution in [0.3, 0.4) is 0 Å². The van der Waals surface area contributed by atoms with Gasteiger partial charge in [-0.15, -0.1) is 0 Å². The third-order valence-electron chi connectivity index (χ3n) is 3.76. The van der Waals surface area contributed by atoms with Crippen molar-refractivity contribution >= 4 is 28.7 Å². The van der Waals surface area contributed by atoms with Crippen molar-refractivity contribution in [3.8, 4) is 0 Å². The van der Waals surface area contributed by atoms with Crippen LogP contribution in [0.5, 0.6) is 0 Å². The summed E-state index contributed by atoms with van der Waals surface area (Å²) in [4.78, 5) is 38.7. The van der Waals surface area contributed by atoms with Crippen LogP contribution >= 0.6 is 0 Å². The van der Waals surface area contributed by atoms with Crippen molar-refractivity contribution in [1.82, 2.24) is 9.88 Å². The first-order valence-corrected chi connectivity index (χ1v) is 6.68. The third kappa shape index (κ3) is 2.95. The van der Waals surface area contributed by atoms with Gasteiger partial charge < -0.3 is 14.9 Å². The van der Waals surface area contributed by atoms with E-state index in [1.54, 1.807) is 6.20 Å². The third-order valence-corrected chi connectivity index (χ3v) is 3.76. The van der Waals surface area contributed by atoms with Crippen LogP contribution in [0.15, 0.2) is 30.5 Å². The fourth-order valence-corrected chi connectivity index (χ4v) is 2.73. The Morgan fingerprint density at radius 2 is 1.86 bits per heavy atom. The van der Waals surface area contributed by atoms with E-state index in [-0.39, 0.29) is 48.8 Å². The van der Waals surface area contributed by atoms with E-state index in [1.807, 2.05) is 24.3 Å². The minimum absolute atomic E-state index is 0. The molecule has 3 rings (SSSR count). The van der Waals surface area contributed by atoms with Crippen LogP contribution in [0.25, 0.3) is 10.9 Å². The normalized spacial score (nSPS) is 15.9. The Bertz CT molecular complexity index is 724. The summed E-state index contributed by atoms with van der Waals surface area (Å²) in [5.41, 5.74) is 1.62. The number of hydrogen-bond donors (Lipinski definition) is 1. The number of para-hydroxylation sites is 1. The van der Waals surface area contributed by atoms with Gasteiger partial charge in [0.05, 0.1) is 12.0 Å². The molecule has 2 amide bonds. The molecule has 1 aliphatic heterocycles. The monoisotopic (exact) mass is 308 g/mol. The van der Waals surface area contributed by atoms with Crippen LogP contribution in [0.1, 0.15) is 18.4 Å². The van der Waals surface area contributed by atoms with Crippen molar-refractivity contribution in [3.63, 3.8) is 0 Å². The van der Waals surface area contributed by atoms with Gasteiger partial charge in [0, 0.05) is 36.4 Å². The predicted molar refractivity (Wildman–Crippen MR) is 71.9 cm³/mol. The van der Waals surface area contributed by atoms with Crippen molar-refractivity contribution in [2.45, 2.75) is 25.3 Å². The van der Waals surface area contributed by atoms with E-state index in [0.29, 0.717) is 0 Å². The summed E-state index contributed by atoms with van der Waals surface area (Å²) in [6.45, 7) is 0. The average molecular weight is 308 g/mol. The van der Waals surface area contributed by atoms with Gasteiger partial charge in [0.25, 0.3) is 0 Å². The maximum atomic E-state index is 11.7. The number of carboxylic acids is 1. The second-order valence-corrected chi connectivity index (χ2v) is 5.06. The standard InChI is InChI=1S/C15H14N2O4.Na/c18-13-5-6-14(19)17(13)12(15(20)21)7-9-8-16-11-4-2-1-3-10(9)11;/h1-4,8,12,16H,5-7H2,(H,20,21);/q;+1/p-1/t12-;/m0./s1. The van der Waals surface area contributed by atoms with Gasteiger partial charge in [0.2, 0.25) is 11.8 Å². The molecule has 22 heavy (non-hydrogen) atoms. The Morgan fingerprint density at radius 1 is 1.23 bits per heavy atom. The number of aromatic amines is 1. The maximum Gasteiger partial charge on any atom is 1.00 e. The van der Waals surface area contributed by atoms with Gasteiger partial charge in [0.15, 0.2) is 0 Å². The Hall–Kier alpha value is -1.63. The SMILES string of the molecule is O=C([O-])[C@H](Cc1c[nH]c2ccccc12)N1C(=O)CCC1=O.[Na+]. The minimum Gasteiger partial charge on any atom is -0.548 e. The molecule has 1 saturated heterocycles. The number of carbonyl (C=O) groups excluding carboxylic acids is 3. The summed E-state index contributed by atoms with van der Waals surface area (Å²) >= 11 is 0. The molecule has 0 aliphatic carbocycles. The molecule has 0 radical (unpaired) electrons. The van der Waals surface area contributed by atoms with Crippen molar-refractivity contribution < 1.29 is 49.0 Å². The molecule has 0 spiro atoms. The first kappa shape index (κ1) is 16.7. The molecule has 2 heterocycles. The van der Waals surface area contributed by atoms with E-state index in [0.717, 1.165) is 21.4 Å². The van der Waals surface area contributed by atoms with Gasteiger partial charge in [-0.1, -0.05) is 18.2 Å². The van der Waals surface area contributed by atoms with Crippen LogP contribution in [0.2, 0.25) is 0 Å². The molecule has 0 bridgehead atoms. The number of hydrogen-bond acceptors (Lipinski definition) is 4. The number of imide groups is 1. The number of aliphatic carboxylic acids is 1. The van der Waals surface area contributed by atoms with E-state index < -0.39 is 23.8 Å². The Balaban J connectivity index is 0.00000176. The molecule has 1 aliphatic rings. The first-order chi connectivity index (χ1) is 10.1. The number of H-pyrrole nitrogens is 1. The van der Waals surface area contributed by atoms with E-state index in [4.69, 9.17) is 0 Å². The summed E-state index contributed by atoms with van der Waals surface area (Å²) in [5.74, 6) is -2.31. The Labute approximate surface area is 148 Å². The molecule has 0 saturated carbocycles. The van der Waals surface area contributed by atoms with Crippen molar-refractivity contribution in [3.05, 3.63) is 36.0 Å². The van der Waals surface area contributed by atoms with Gasteiger partial charge >= 0.3 is 29.6 Å². The molecular formula is C15H13N2NaO4. The fraction of sp³-hybridized carbons (Fsp3) is 0.267. The van der Waals surface area contributed by atoms with Crippen molar-refractivity contribution in [1.29, 1.82) is 0 Å². The van der Waals surface area contributed by atoms with Crippen molar-refractivity contribution in [2.24, 2.45) is 0 Å². The summed E-state index contributed by atoms with van der Waals surface area (Å²) in [7, 11) is 0. The molecule has 1 atom stereocenters. The van der Waals surface area contributed by atoms with Gasteiger partial charge in [0.1, 0.15) is 0 Å². The van der Waals surface area contributed by atoms with E-state index >= 15 is 0 Å². The fourth-order valence-electron chi connectivity index (χ4n) is 2.73. The number of nitrogens with zero attached hydrogens (tertiary/aromatic N) is 1. The second kappa shape index (κ2) is 6.64. The van der Waals surface area contributed by atoms with Gasteiger partial charge in [-0.2, -0.15) is 0 Å². The number of nitrogens with one attached hydrogen (secondary N) is 1. The zero-order valence-electron chi connectivity index (χ0n) is 12.2. The summed E-state index contributed by atoms with van der Waals surface area (Å²) in [6, 6.07) is 6.19. The molecule has 7 heteroatoms. The Morgan fingerprint density at radius 3 is 2.50 bits per heavy atom. The number of carboxylic acid groups (broad SMARTS) is 1. The minimum atomic E-state index is -1.41. The van der Waals surface area contributed by atoms with Crippen LogP contribution in [0.4, 0.5) is 0 Å². The maximum absolute atomic E-state index is 11.7. The van der Waals surface area contributed by atoms with E-state index in [1.165, 1.54) is 0 Å². The zero-order valence-corrected chi connectivity index (χ0v) is 14.2. The van der Waals surface area contributed by atoms with Gasteiger partial charge in [-0.25, -0.2) is 0 Å². The average Bonchev–Trinajstić information content (AvgIpc) is 3.01. The zero-order chi connectivity index (χ0) is 15.0. The second-order valence-electron chi connectivity index (χ2n) is 5.06. The smallest absolute Gasteiger partial charge is 0.548 e. The number of amides is 2. The Kier molecular flexibility index (Phi) is 5.05. The molecule has 1 aromatic carbocycles. The molecule has 6 nitrogen and oxygen atoms in total. The van der Waals surface area contributed by atoms with Gasteiger partial charge in [-0.3, -0.25) is 14.5 Å². The van der Waals surface area contributed by atoms with Crippen LogP contribution in [-0.4, -0.2) is 33.7 Å².